The van der Waals surface area contributed by atoms with Crippen LogP contribution in [0.2, 0.25) is 5.02 Å². The molecule has 1 aromatic carbocycles. The smallest absolute Gasteiger partial charge is 0.246 e. The molecule has 3 aromatic rings. The Morgan fingerprint density at radius 1 is 1.32 bits per heavy atom. The number of aliphatic hydroxyl groups excluding tert-OH is 2. The van der Waals surface area contributed by atoms with Crippen LogP contribution in [0.3, 0.4) is 0 Å². The van der Waals surface area contributed by atoms with E-state index >= 15 is 0 Å². The van der Waals surface area contributed by atoms with Gasteiger partial charge in [0.25, 0.3) is 0 Å². The van der Waals surface area contributed by atoms with Crippen molar-refractivity contribution in [3.63, 3.8) is 0 Å². The summed E-state index contributed by atoms with van der Waals surface area (Å²) in [6.07, 6.45) is 4.39. The molecule has 0 saturated heterocycles. The second-order valence-electron chi connectivity index (χ2n) is 9.36. The van der Waals surface area contributed by atoms with Crippen LogP contribution in [0.25, 0.3) is 10.2 Å². The lowest BCUT2D eigenvalue weighted by Crippen LogP contribution is -2.43. The standard InChI is InChI=1S/C26H31ClFN5O3S/c1-15(34)12-32(16(2)17(3)35)9-4-5-23(36)33-10-8-19-22(13-33)37-26-24(19)25(29-14-30-26)31-18-6-7-21(28)20(27)11-18/h4-7,11,14-17,34-35H,8-10,12-13H2,1-3H3,(H,29,30,31)/b5-4+. The summed E-state index contributed by atoms with van der Waals surface area (Å²) in [5.74, 6) is 0.0466. The summed E-state index contributed by atoms with van der Waals surface area (Å²) in [6.45, 7) is 7.19. The predicted octanol–water partition coefficient (Wildman–Crippen LogP) is 4.12. The highest BCUT2D eigenvalue weighted by Crippen LogP contribution is 2.38. The minimum Gasteiger partial charge on any atom is -0.392 e. The van der Waals surface area contributed by atoms with Gasteiger partial charge in [0, 0.05) is 42.3 Å². The number of halogens is 2. The highest BCUT2D eigenvalue weighted by Gasteiger charge is 2.26. The molecule has 1 aliphatic heterocycles. The number of amides is 1. The van der Waals surface area contributed by atoms with Crippen molar-refractivity contribution < 1.29 is 19.4 Å². The van der Waals surface area contributed by atoms with E-state index in [9.17, 15) is 19.4 Å². The Bertz CT molecular complexity index is 1300. The van der Waals surface area contributed by atoms with E-state index in [-0.39, 0.29) is 17.0 Å². The topological polar surface area (TPSA) is 102 Å². The average Bonchev–Trinajstić information content (AvgIpc) is 3.23. The summed E-state index contributed by atoms with van der Waals surface area (Å²) < 4.78 is 13.6. The number of fused-ring (bicyclic) bond motifs is 3. The van der Waals surface area contributed by atoms with Crippen molar-refractivity contribution in [1.82, 2.24) is 19.8 Å². The summed E-state index contributed by atoms with van der Waals surface area (Å²) >= 11 is 7.46. The van der Waals surface area contributed by atoms with E-state index in [0.717, 1.165) is 20.7 Å². The molecule has 11 heteroatoms. The summed E-state index contributed by atoms with van der Waals surface area (Å²) in [7, 11) is 0. The number of aromatic nitrogens is 2. The molecule has 198 valence electrons. The number of rotatable bonds is 9. The van der Waals surface area contributed by atoms with E-state index in [1.165, 1.54) is 29.8 Å². The number of carbonyl (C=O) groups is 1. The van der Waals surface area contributed by atoms with Crippen LogP contribution in [0, 0.1) is 5.82 Å². The summed E-state index contributed by atoms with van der Waals surface area (Å²) in [6, 6.07) is 4.27. The largest absolute Gasteiger partial charge is 0.392 e. The Labute approximate surface area is 224 Å². The van der Waals surface area contributed by atoms with Crippen molar-refractivity contribution in [3.05, 3.63) is 58.0 Å². The fourth-order valence-electron chi connectivity index (χ4n) is 4.37. The van der Waals surface area contributed by atoms with Gasteiger partial charge in [-0.15, -0.1) is 11.3 Å². The van der Waals surface area contributed by atoms with E-state index in [1.54, 1.807) is 37.0 Å². The minimum atomic E-state index is -0.557. The second-order valence-corrected chi connectivity index (χ2v) is 10.8. The highest BCUT2D eigenvalue weighted by atomic mass is 35.5. The number of anilines is 2. The first-order chi connectivity index (χ1) is 17.6. The lowest BCUT2D eigenvalue weighted by molar-refractivity contribution is -0.126. The SMILES string of the molecule is CC(O)CN(C/C=C/C(=O)N1CCc2c(sc3ncnc(Nc4ccc(F)c(Cl)c4)c23)C1)C(C)C(C)O. The third-order valence-electron chi connectivity index (χ3n) is 6.50. The first kappa shape index (κ1) is 27.4. The van der Waals surface area contributed by atoms with E-state index in [0.29, 0.717) is 44.1 Å². The van der Waals surface area contributed by atoms with Gasteiger partial charge < -0.3 is 20.4 Å². The first-order valence-electron chi connectivity index (χ1n) is 12.2. The summed E-state index contributed by atoms with van der Waals surface area (Å²) in [5.41, 5.74) is 1.73. The highest BCUT2D eigenvalue weighted by molar-refractivity contribution is 7.19. The molecule has 0 fully saturated rings. The van der Waals surface area contributed by atoms with Gasteiger partial charge in [0.1, 0.15) is 22.8 Å². The number of hydrogen-bond acceptors (Lipinski definition) is 8. The van der Waals surface area contributed by atoms with Gasteiger partial charge in [0.2, 0.25) is 5.91 Å². The zero-order chi connectivity index (χ0) is 26.7. The molecular weight excluding hydrogens is 517 g/mol. The van der Waals surface area contributed by atoms with Gasteiger partial charge in [-0.2, -0.15) is 0 Å². The predicted molar refractivity (Wildman–Crippen MR) is 145 cm³/mol. The number of benzene rings is 1. The van der Waals surface area contributed by atoms with Gasteiger partial charge in [0.05, 0.1) is 29.2 Å². The van der Waals surface area contributed by atoms with Crippen molar-refractivity contribution in [1.29, 1.82) is 0 Å². The maximum absolute atomic E-state index is 13.6. The third kappa shape index (κ3) is 6.45. The van der Waals surface area contributed by atoms with E-state index in [1.807, 2.05) is 11.8 Å². The Kier molecular flexibility index (Phi) is 8.76. The van der Waals surface area contributed by atoms with Crippen molar-refractivity contribution in [3.8, 4) is 0 Å². The number of aliphatic hydroxyl groups is 2. The molecule has 3 unspecified atom stereocenters. The van der Waals surface area contributed by atoms with Gasteiger partial charge >= 0.3 is 0 Å². The van der Waals surface area contributed by atoms with E-state index in [2.05, 4.69) is 15.3 Å². The molecule has 3 heterocycles. The maximum Gasteiger partial charge on any atom is 0.246 e. The van der Waals surface area contributed by atoms with Gasteiger partial charge in [-0.25, -0.2) is 14.4 Å². The van der Waals surface area contributed by atoms with Crippen LogP contribution in [0.1, 0.15) is 31.2 Å². The van der Waals surface area contributed by atoms with Crippen molar-refractivity contribution >= 4 is 50.6 Å². The van der Waals surface area contributed by atoms with Gasteiger partial charge in [0.15, 0.2) is 0 Å². The molecule has 3 N–H and O–H groups in total. The molecule has 0 radical (unpaired) electrons. The van der Waals surface area contributed by atoms with Crippen LogP contribution < -0.4 is 5.32 Å². The minimum absolute atomic E-state index is 0.0270. The number of hydrogen-bond donors (Lipinski definition) is 3. The van der Waals surface area contributed by atoms with Crippen molar-refractivity contribution in [2.45, 2.75) is 52.0 Å². The number of nitrogens with zero attached hydrogens (tertiary/aromatic N) is 4. The molecule has 3 atom stereocenters. The van der Waals surface area contributed by atoms with Gasteiger partial charge in [-0.05, 0) is 51.0 Å². The molecule has 0 aliphatic carbocycles. The Morgan fingerprint density at radius 2 is 2.11 bits per heavy atom. The average molecular weight is 548 g/mol. The quantitative estimate of drug-likeness (QED) is 0.346. The normalized spacial score (nSPS) is 16.3. The third-order valence-corrected chi connectivity index (χ3v) is 7.92. The zero-order valence-corrected chi connectivity index (χ0v) is 22.6. The van der Waals surface area contributed by atoms with E-state index < -0.39 is 18.0 Å². The Balaban J connectivity index is 1.47. The van der Waals surface area contributed by atoms with Crippen LogP contribution in [0.15, 0.2) is 36.7 Å². The lowest BCUT2D eigenvalue weighted by atomic mass is 10.0. The van der Waals surface area contributed by atoms with Crippen molar-refractivity contribution in [2.24, 2.45) is 0 Å². The van der Waals surface area contributed by atoms with Crippen LogP contribution in [-0.2, 0) is 17.8 Å². The fourth-order valence-corrected chi connectivity index (χ4v) is 5.75. The number of nitrogens with one attached hydrogen (secondary N) is 1. The summed E-state index contributed by atoms with van der Waals surface area (Å²) in [4.78, 5) is 27.4. The molecule has 4 rings (SSSR count). The Hall–Kier alpha value is -2.63. The van der Waals surface area contributed by atoms with Crippen LogP contribution in [0.5, 0.6) is 0 Å². The lowest BCUT2D eigenvalue weighted by Gasteiger charge is -2.31. The molecule has 0 saturated carbocycles. The molecule has 1 aliphatic rings. The van der Waals surface area contributed by atoms with Gasteiger partial charge in [-0.3, -0.25) is 9.69 Å². The molecule has 1 amide bonds. The van der Waals surface area contributed by atoms with Crippen molar-refractivity contribution in [2.75, 3.05) is 25.0 Å². The first-order valence-corrected chi connectivity index (χ1v) is 13.4. The fraction of sp³-hybridized carbons (Fsp3) is 0.423. The second kappa shape index (κ2) is 11.8. The zero-order valence-electron chi connectivity index (χ0n) is 21.0. The van der Waals surface area contributed by atoms with Crippen LogP contribution in [-0.4, -0.2) is 73.8 Å². The molecule has 0 bridgehead atoms. The monoisotopic (exact) mass is 547 g/mol. The van der Waals surface area contributed by atoms with E-state index in [4.69, 9.17) is 11.6 Å². The maximum atomic E-state index is 13.6. The number of thiophene rings is 1. The molecule has 2 aromatic heterocycles. The van der Waals surface area contributed by atoms with Crippen LogP contribution in [0.4, 0.5) is 15.9 Å². The van der Waals surface area contributed by atoms with Crippen LogP contribution >= 0.6 is 22.9 Å². The Morgan fingerprint density at radius 3 is 2.81 bits per heavy atom. The molecule has 0 spiro atoms. The van der Waals surface area contributed by atoms with Gasteiger partial charge in [-0.1, -0.05) is 17.7 Å². The summed E-state index contributed by atoms with van der Waals surface area (Å²) in [5, 5.41) is 23.9. The molecule has 37 heavy (non-hydrogen) atoms. The number of carbonyl (C=O) groups excluding carboxylic acids is 1. The molecule has 8 nitrogen and oxygen atoms in total. The molecular formula is C26H31ClFN5O3S.